The fourth-order valence-electron chi connectivity index (χ4n) is 8.81. The monoisotopic (exact) mass is 964 g/mol. The molecule has 2 aromatic heterocycles. The Bertz CT molecular complexity index is 3130. The predicted octanol–water partition coefficient (Wildman–Crippen LogP) is 8.22. The predicted molar refractivity (Wildman–Crippen MR) is 279 cm³/mol. The van der Waals surface area contributed by atoms with E-state index in [-0.39, 0.29) is 36.7 Å². The molecule has 364 valence electrons. The highest BCUT2D eigenvalue weighted by Crippen LogP contribution is 2.35. The molecule has 72 heavy (non-hydrogen) atoms. The Hall–Kier alpha value is -8.86. The van der Waals surface area contributed by atoms with Crippen molar-refractivity contribution in [3.8, 4) is 11.8 Å². The molecule has 8 aromatic rings. The summed E-state index contributed by atoms with van der Waals surface area (Å²) < 4.78 is 9.75. The minimum absolute atomic E-state index is 0.0772. The standard InChI is InChI=1S/C56H52N8O8/c1-61(41-21-17-39(18-22-41)57-51(35-11-7-5-8-12-35)49-43-25-15-37(55(69)71-3)31-45(43)59-53(49)67)47(65)33-63-27-29-64(30-28-63)34-48(66)62(2)42-23-19-40(20-24-42)58-52(36-13-9-6-10-14-36)50-44-26-16-38(56(70)72-4)32-46(44)60-54(50)68/h5-26,31-32,59-60,67-68H,27-30,33-34H2,1-4H3. The van der Waals surface area contributed by atoms with Gasteiger partial charge in [0.2, 0.25) is 11.8 Å². The smallest absolute Gasteiger partial charge is 0.337 e. The van der Waals surface area contributed by atoms with Gasteiger partial charge in [0.15, 0.2) is 11.8 Å². The topological polar surface area (TPSA) is 196 Å². The number of anilines is 2. The van der Waals surface area contributed by atoms with Crippen LogP contribution in [0, 0.1) is 0 Å². The number of aliphatic imine (C=N–C) groups is 2. The number of H-pyrrole nitrogens is 2. The number of rotatable bonds is 14. The molecule has 0 radical (unpaired) electrons. The highest BCUT2D eigenvalue weighted by Gasteiger charge is 2.25. The van der Waals surface area contributed by atoms with E-state index in [9.17, 15) is 29.4 Å². The lowest BCUT2D eigenvalue weighted by Gasteiger charge is -2.35. The normalized spacial score (nSPS) is 13.6. The fourth-order valence-corrected chi connectivity index (χ4v) is 8.81. The van der Waals surface area contributed by atoms with Crippen molar-refractivity contribution in [2.24, 2.45) is 9.98 Å². The number of carbonyl (C=O) groups is 4. The van der Waals surface area contributed by atoms with Gasteiger partial charge in [-0.3, -0.25) is 19.4 Å². The fraction of sp³-hybridized carbons (Fsp3) is 0.179. The molecule has 9 rings (SSSR count). The SMILES string of the molecule is COC(=O)c1ccc2c(C(=Nc3ccc(N(C)C(=O)CN4CCN(CC(=O)N(C)c5ccc(N=C(c6ccccc6)c6c(O)[nH]c7cc(C(=O)OC)ccc67)cc5)CC4)cc3)c3ccccc3)c(O)[nH]c2c1. The summed E-state index contributed by atoms with van der Waals surface area (Å²) in [6, 6.07) is 43.7. The highest BCUT2D eigenvalue weighted by molar-refractivity contribution is 6.23. The molecule has 0 atom stereocenters. The minimum Gasteiger partial charge on any atom is -0.494 e. The average molecular weight is 965 g/mol. The van der Waals surface area contributed by atoms with Gasteiger partial charge in [-0.05, 0) is 72.8 Å². The van der Waals surface area contributed by atoms with Gasteiger partial charge in [0, 0.05) is 84.6 Å². The molecule has 3 heterocycles. The van der Waals surface area contributed by atoms with Gasteiger partial charge < -0.3 is 39.5 Å². The maximum Gasteiger partial charge on any atom is 0.337 e. The summed E-state index contributed by atoms with van der Waals surface area (Å²) in [4.78, 5) is 74.9. The average Bonchev–Trinajstić information content (AvgIpc) is 3.93. The summed E-state index contributed by atoms with van der Waals surface area (Å²) in [6.07, 6.45) is 0. The first-order valence-electron chi connectivity index (χ1n) is 23.2. The number of nitrogens with one attached hydrogen (secondary N) is 2. The minimum atomic E-state index is -0.486. The van der Waals surface area contributed by atoms with Crippen molar-refractivity contribution in [2.75, 3.05) is 77.4 Å². The Morgan fingerprint density at radius 1 is 0.514 bits per heavy atom. The number of aromatic hydroxyl groups is 2. The molecule has 0 aliphatic carbocycles. The lowest BCUT2D eigenvalue weighted by atomic mass is 10.00. The van der Waals surface area contributed by atoms with Crippen LogP contribution in [0.1, 0.15) is 43.0 Å². The maximum absolute atomic E-state index is 13.6. The highest BCUT2D eigenvalue weighted by atomic mass is 16.5. The first-order valence-corrected chi connectivity index (χ1v) is 23.2. The molecule has 0 spiro atoms. The zero-order valence-corrected chi connectivity index (χ0v) is 40.1. The van der Waals surface area contributed by atoms with Gasteiger partial charge in [0.1, 0.15) is 0 Å². The number of benzene rings is 6. The summed E-state index contributed by atoms with van der Waals surface area (Å²) in [5, 5.41) is 23.6. The van der Waals surface area contributed by atoms with Crippen LogP contribution in [0.25, 0.3) is 21.8 Å². The van der Waals surface area contributed by atoms with Gasteiger partial charge in [-0.25, -0.2) is 19.6 Å². The Morgan fingerprint density at radius 3 is 1.22 bits per heavy atom. The molecule has 2 amide bonds. The number of aromatic amines is 2. The number of carbonyl (C=O) groups excluding carboxylic acids is 4. The molecule has 16 nitrogen and oxygen atoms in total. The molecule has 0 bridgehead atoms. The number of hydrogen-bond donors (Lipinski definition) is 4. The molecule has 16 heteroatoms. The van der Waals surface area contributed by atoms with Crippen LogP contribution >= 0.6 is 0 Å². The van der Waals surface area contributed by atoms with Gasteiger partial charge in [0.05, 0.1) is 72.4 Å². The van der Waals surface area contributed by atoms with E-state index in [1.54, 1.807) is 60.3 Å². The number of piperazine rings is 1. The number of amides is 2. The Labute approximate surface area is 415 Å². The van der Waals surface area contributed by atoms with Crippen molar-refractivity contribution in [2.45, 2.75) is 0 Å². The summed E-state index contributed by atoms with van der Waals surface area (Å²) >= 11 is 0. The summed E-state index contributed by atoms with van der Waals surface area (Å²) in [5.74, 6) is -1.31. The molecular formula is C56H52N8O8. The first kappa shape index (κ1) is 48.2. The van der Waals surface area contributed by atoms with Crippen LogP contribution in [0.5, 0.6) is 11.8 Å². The van der Waals surface area contributed by atoms with E-state index in [0.29, 0.717) is 104 Å². The van der Waals surface area contributed by atoms with Crippen LogP contribution in [0.2, 0.25) is 0 Å². The van der Waals surface area contributed by atoms with Gasteiger partial charge in [-0.15, -0.1) is 0 Å². The second-order valence-electron chi connectivity index (χ2n) is 17.3. The lowest BCUT2D eigenvalue weighted by molar-refractivity contribution is -0.122. The largest absolute Gasteiger partial charge is 0.494 e. The Morgan fingerprint density at radius 2 is 0.875 bits per heavy atom. The maximum atomic E-state index is 13.6. The third-order valence-electron chi connectivity index (χ3n) is 12.9. The number of hydrogen-bond acceptors (Lipinski definition) is 12. The number of esters is 2. The van der Waals surface area contributed by atoms with Crippen molar-refractivity contribution in [3.63, 3.8) is 0 Å². The lowest BCUT2D eigenvalue weighted by Crippen LogP contribution is -2.51. The molecule has 1 aliphatic rings. The van der Waals surface area contributed by atoms with E-state index in [0.717, 1.165) is 11.1 Å². The second kappa shape index (κ2) is 21.0. The van der Waals surface area contributed by atoms with Crippen molar-refractivity contribution in [1.82, 2.24) is 19.8 Å². The van der Waals surface area contributed by atoms with Crippen LogP contribution in [0.15, 0.2) is 156 Å². The number of ether oxygens (including phenoxy) is 2. The van der Waals surface area contributed by atoms with Crippen molar-refractivity contribution < 1.29 is 38.9 Å². The zero-order chi connectivity index (χ0) is 50.5. The van der Waals surface area contributed by atoms with Crippen LogP contribution in [0.3, 0.4) is 0 Å². The van der Waals surface area contributed by atoms with E-state index in [1.165, 1.54) is 14.2 Å². The van der Waals surface area contributed by atoms with E-state index < -0.39 is 11.9 Å². The Balaban J connectivity index is 0.809. The Kier molecular flexibility index (Phi) is 14.1. The number of aromatic nitrogens is 2. The molecular weight excluding hydrogens is 913 g/mol. The molecule has 1 fully saturated rings. The zero-order valence-electron chi connectivity index (χ0n) is 40.1. The molecule has 0 unspecified atom stereocenters. The van der Waals surface area contributed by atoms with Gasteiger partial charge in [-0.2, -0.15) is 0 Å². The quantitative estimate of drug-likeness (QED) is 0.0609. The summed E-state index contributed by atoms with van der Waals surface area (Å²) in [6.45, 7) is 2.89. The van der Waals surface area contributed by atoms with Crippen LogP contribution in [0.4, 0.5) is 22.7 Å². The van der Waals surface area contributed by atoms with E-state index >= 15 is 0 Å². The van der Waals surface area contributed by atoms with Gasteiger partial charge in [-0.1, -0.05) is 72.8 Å². The molecule has 4 N–H and O–H groups in total. The summed E-state index contributed by atoms with van der Waals surface area (Å²) in [5.41, 5.74) is 7.97. The second-order valence-corrected chi connectivity index (χ2v) is 17.3. The van der Waals surface area contributed by atoms with E-state index in [1.807, 2.05) is 109 Å². The molecule has 6 aromatic carbocycles. The van der Waals surface area contributed by atoms with Crippen molar-refractivity contribution >= 4 is 79.7 Å². The van der Waals surface area contributed by atoms with E-state index in [2.05, 4.69) is 19.8 Å². The molecule has 0 saturated carbocycles. The van der Waals surface area contributed by atoms with E-state index in [4.69, 9.17) is 19.5 Å². The molecule has 1 saturated heterocycles. The third-order valence-corrected chi connectivity index (χ3v) is 12.9. The van der Waals surface area contributed by atoms with Crippen LogP contribution in [-0.4, -0.2) is 133 Å². The van der Waals surface area contributed by atoms with Crippen molar-refractivity contribution in [3.05, 3.63) is 179 Å². The number of likely N-dealkylation sites (N-methyl/N-ethyl adjacent to an activating group) is 2. The van der Waals surface area contributed by atoms with Crippen LogP contribution in [-0.2, 0) is 19.1 Å². The number of nitrogens with zero attached hydrogens (tertiary/aromatic N) is 6. The first-order chi connectivity index (χ1) is 34.9. The van der Waals surface area contributed by atoms with Crippen LogP contribution < -0.4 is 9.80 Å². The number of methoxy groups -OCH3 is 2. The summed E-state index contributed by atoms with van der Waals surface area (Å²) in [7, 11) is 6.12. The third kappa shape index (κ3) is 10.2. The molecule has 1 aliphatic heterocycles. The van der Waals surface area contributed by atoms with Gasteiger partial charge >= 0.3 is 11.9 Å². The van der Waals surface area contributed by atoms with Gasteiger partial charge in [0.25, 0.3) is 0 Å². The van der Waals surface area contributed by atoms with Crippen molar-refractivity contribution in [1.29, 1.82) is 0 Å². The number of fused-ring (bicyclic) bond motifs is 2.